The van der Waals surface area contributed by atoms with Gasteiger partial charge in [0, 0.05) is 21.0 Å². The van der Waals surface area contributed by atoms with Gasteiger partial charge in [0.05, 0.1) is 12.3 Å². The van der Waals surface area contributed by atoms with Crippen LogP contribution in [0.2, 0.25) is 5.02 Å². The van der Waals surface area contributed by atoms with E-state index in [1.807, 2.05) is 66.5 Å². The van der Waals surface area contributed by atoms with Gasteiger partial charge in [-0.2, -0.15) is 16.9 Å². The third-order valence-corrected chi connectivity index (χ3v) is 6.72. The number of thioether (sulfide) groups is 2. The molecule has 1 N–H and O–H groups in total. The number of carbonyl (C=O) groups is 1. The first-order chi connectivity index (χ1) is 13.9. The van der Waals surface area contributed by atoms with Crippen molar-refractivity contribution in [3.8, 4) is 0 Å². The second kappa shape index (κ2) is 9.92. The van der Waals surface area contributed by atoms with Crippen LogP contribution in [-0.4, -0.2) is 41.6 Å². The van der Waals surface area contributed by atoms with Gasteiger partial charge in [-0.15, -0.1) is 11.8 Å². The van der Waals surface area contributed by atoms with E-state index >= 15 is 0 Å². The average molecular weight is 448 g/mol. The highest BCUT2D eigenvalue weighted by atomic mass is 35.5. The third kappa shape index (κ3) is 5.50. The average Bonchev–Trinajstić information content (AvgIpc) is 3.07. The molecule has 1 heterocycles. The molecule has 0 radical (unpaired) electrons. The standard InChI is InChI=1S/C22H26ClN3OS2/c1-22(12-5-13-28-2)15-26(25-20(22)16-8-10-17(23)11-9-16)21(27)24-18-6-4-7-19(14-18)29-3/h4,6-11,14H,5,12-13,15H2,1-3H3,(H,24,27). The Morgan fingerprint density at radius 2 is 2.00 bits per heavy atom. The Hall–Kier alpha value is -1.63. The largest absolute Gasteiger partial charge is 0.342 e. The Bertz CT molecular complexity index is 888. The van der Waals surface area contributed by atoms with E-state index in [9.17, 15) is 4.79 Å². The van der Waals surface area contributed by atoms with Gasteiger partial charge in [-0.1, -0.05) is 36.7 Å². The van der Waals surface area contributed by atoms with Crippen molar-refractivity contribution in [2.45, 2.75) is 24.7 Å². The maximum atomic E-state index is 12.9. The van der Waals surface area contributed by atoms with Gasteiger partial charge in [-0.25, -0.2) is 9.80 Å². The maximum Gasteiger partial charge on any atom is 0.342 e. The monoisotopic (exact) mass is 447 g/mol. The summed E-state index contributed by atoms with van der Waals surface area (Å²) in [6.07, 6.45) is 6.19. The fourth-order valence-electron chi connectivity index (χ4n) is 3.51. The normalized spacial score (nSPS) is 18.6. The quantitative estimate of drug-likeness (QED) is 0.391. The van der Waals surface area contributed by atoms with Gasteiger partial charge in [-0.05, 0) is 67.0 Å². The first-order valence-corrected chi connectivity index (χ1v) is 12.5. The van der Waals surface area contributed by atoms with Crippen molar-refractivity contribution in [3.05, 3.63) is 59.1 Å². The van der Waals surface area contributed by atoms with Crippen molar-refractivity contribution < 1.29 is 4.79 Å². The number of hydrazone groups is 1. The molecule has 154 valence electrons. The van der Waals surface area contributed by atoms with Gasteiger partial charge >= 0.3 is 6.03 Å². The number of carbonyl (C=O) groups excluding carboxylic acids is 1. The fraction of sp³-hybridized carbons (Fsp3) is 0.364. The number of nitrogens with zero attached hydrogens (tertiary/aromatic N) is 2. The van der Waals surface area contributed by atoms with E-state index in [0.717, 1.165) is 40.5 Å². The van der Waals surface area contributed by atoms with Gasteiger partial charge in [0.1, 0.15) is 0 Å². The first kappa shape index (κ1) is 22.1. The smallest absolute Gasteiger partial charge is 0.306 e. The number of urea groups is 1. The van der Waals surface area contributed by atoms with E-state index in [4.69, 9.17) is 16.7 Å². The number of hydrogen-bond donors (Lipinski definition) is 1. The molecule has 29 heavy (non-hydrogen) atoms. The zero-order valence-corrected chi connectivity index (χ0v) is 19.3. The minimum atomic E-state index is -0.205. The van der Waals surface area contributed by atoms with Gasteiger partial charge < -0.3 is 5.32 Å². The van der Waals surface area contributed by atoms with Crippen molar-refractivity contribution in [3.63, 3.8) is 0 Å². The van der Waals surface area contributed by atoms with Crippen molar-refractivity contribution >= 4 is 52.6 Å². The molecule has 4 nitrogen and oxygen atoms in total. The molecule has 0 spiro atoms. The van der Waals surface area contributed by atoms with E-state index in [2.05, 4.69) is 18.5 Å². The molecule has 0 saturated heterocycles. The van der Waals surface area contributed by atoms with Gasteiger partial charge in [0.2, 0.25) is 0 Å². The first-order valence-electron chi connectivity index (χ1n) is 9.52. The topological polar surface area (TPSA) is 44.7 Å². The molecule has 0 fully saturated rings. The molecular formula is C22H26ClN3OS2. The highest BCUT2D eigenvalue weighted by Gasteiger charge is 2.40. The molecule has 1 aliphatic rings. The Labute approximate surface area is 186 Å². The van der Waals surface area contributed by atoms with Crippen LogP contribution >= 0.6 is 35.1 Å². The molecule has 2 aromatic carbocycles. The Morgan fingerprint density at radius 3 is 2.69 bits per heavy atom. The number of benzene rings is 2. The summed E-state index contributed by atoms with van der Waals surface area (Å²) in [6, 6.07) is 15.3. The molecule has 3 rings (SSSR count). The minimum Gasteiger partial charge on any atom is -0.306 e. The van der Waals surface area contributed by atoms with Gasteiger partial charge in [0.25, 0.3) is 0 Å². The van der Waals surface area contributed by atoms with Crippen LogP contribution in [0.25, 0.3) is 0 Å². The number of hydrogen-bond acceptors (Lipinski definition) is 4. The summed E-state index contributed by atoms with van der Waals surface area (Å²) in [5.74, 6) is 1.09. The molecular weight excluding hydrogens is 422 g/mol. The van der Waals surface area contributed by atoms with Crippen molar-refractivity contribution in [1.29, 1.82) is 0 Å². The van der Waals surface area contributed by atoms with E-state index in [-0.39, 0.29) is 11.4 Å². The minimum absolute atomic E-state index is 0.192. The lowest BCUT2D eigenvalue weighted by molar-refractivity contribution is 0.206. The Balaban J connectivity index is 1.83. The van der Waals surface area contributed by atoms with Crippen LogP contribution in [0.5, 0.6) is 0 Å². The number of amides is 2. The predicted octanol–water partition coefficient (Wildman–Crippen LogP) is 6.46. The van der Waals surface area contributed by atoms with Crippen molar-refractivity contribution in [2.24, 2.45) is 10.5 Å². The van der Waals surface area contributed by atoms with Crippen LogP contribution in [-0.2, 0) is 0 Å². The summed E-state index contributed by atoms with van der Waals surface area (Å²) < 4.78 is 0. The molecule has 2 aromatic rings. The van der Waals surface area contributed by atoms with Crippen LogP contribution in [0.3, 0.4) is 0 Å². The summed E-state index contributed by atoms with van der Waals surface area (Å²) in [5.41, 5.74) is 2.55. The lowest BCUT2D eigenvalue weighted by Gasteiger charge is -2.26. The Kier molecular flexibility index (Phi) is 7.55. The molecule has 1 unspecified atom stereocenters. The van der Waals surface area contributed by atoms with Crippen LogP contribution in [0.15, 0.2) is 58.5 Å². The van der Waals surface area contributed by atoms with Crippen LogP contribution in [0, 0.1) is 5.41 Å². The van der Waals surface area contributed by atoms with E-state index in [1.165, 1.54) is 0 Å². The number of nitrogens with one attached hydrogen (secondary N) is 1. The lowest BCUT2D eigenvalue weighted by atomic mass is 9.78. The maximum absolute atomic E-state index is 12.9. The molecule has 2 amide bonds. The fourth-order valence-corrected chi connectivity index (χ4v) is 4.52. The second-order valence-electron chi connectivity index (χ2n) is 7.33. The van der Waals surface area contributed by atoms with Crippen molar-refractivity contribution in [2.75, 3.05) is 30.1 Å². The second-order valence-corrected chi connectivity index (χ2v) is 9.63. The summed E-state index contributed by atoms with van der Waals surface area (Å²) in [6.45, 7) is 2.76. The summed E-state index contributed by atoms with van der Waals surface area (Å²) in [5, 5.41) is 9.99. The number of halogens is 1. The summed E-state index contributed by atoms with van der Waals surface area (Å²) in [4.78, 5) is 14.0. The van der Waals surface area contributed by atoms with E-state index in [1.54, 1.807) is 16.8 Å². The molecule has 0 saturated carbocycles. The zero-order valence-electron chi connectivity index (χ0n) is 16.9. The zero-order chi connectivity index (χ0) is 20.9. The lowest BCUT2D eigenvalue weighted by Crippen LogP contribution is -2.35. The predicted molar refractivity (Wildman–Crippen MR) is 128 cm³/mol. The summed E-state index contributed by atoms with van der Waals surface area (Å²) in [7, 11) is 0. The Morgan fingerprint density at radius 1 is 1.24 bits per heavy atom. The van der Waals surface area contributed by atoms with Crippen LogP contribution in [0.1, 0.15) is 25.3 Å². The molecule has 1 atom stereocenters. The molecule has 7 heteroatoms. The highest BCUT2D eigenvalue weighted by Crippen LogP contribution is 2.36. The third-order valence-electron chi connectivity index (χ3n) is 5.04. The SMILES string of the molecule is CSCCCC1(C)CN(C(=O)Nc2cccc(SC)c2)N=C1c1ccc(Cl)cc1. The number of anilines is 1. The van der Waals surface area contributed by atoms with E-state index < -0.39 is 0 Å². The summed E-state index contributed by atoms with van der Waals surface area (Å²) >= 11 is 9.56. The molecule has 0 aliphatic carbocycles. The molecule has 1 aliphatic heterocycles. The van der Waals surface area contributed by atoms with E-state index in [0.29, 0.717) is 11.6 Å². The van der Waals surface area contributed by atoms with Crippen LogP contribution in [0.4, 0.5) is 10.5 Å². The highest BCUT2D eigenvalue weighted by molar-refractivity contribution is 7.98. The van der Waals surface area contributed by atoms with Gasteiger partial charge in [-0.3, -0.25) is 0 Å². The number of rotatable bonds is 7. The van der Waals surface area contributed by atoms with Crippen molar-refractivity contribution in [1.82, 2.24) is 5.01 Å². The van der Waals surface area contributed by atoms with Crippen LogP contribution < -0.4 is 5.32 Å². The van der Waals surface area contributed by atoms with Gasteiger partial charge in [0.15, 0.2) is 0 Å². The molecule has 0 aromatic heterocycles. The molecule has 0 bridgehead atoms.